The fraction of sp³-hybridized carbons (Fsp3) is 0.0909. The Morgan fingerprint density at radius 1 is 0.808 bits per heavy atom. The molecule has 0 unspecified atom stereocenters. The van der Waals surface area contributed by atoms with Gasteiger partial charge in [-0.1, -0.05) is 84.0 Å². The minimum absolute atomic E-state index is 0.387. The number of para-hydroxylation sites is 1. The van der Waals surface area contributed by atoms with E-state index in [4.69, 9.17) is 9.57 Å². The lowest BCUT2D eigenvalue weighted by atomic mass is 9.74. The molecule has 26 heavy (non-hydrogen) atoms. The van der Waals surface area contributed by atoms with Crippen molar-refractivity contribution >= 4 is 11.7 Å². The first-order valence-electron chi connectivity index (χ1n) is 8.49. The molecule has 0 saturated heterocycles. The molecule has 5 rings (SSSR count). The van der Waals surface area contributed by atoms with Crippen LogP contribution in [0.5, 0.6) is 5.75 Å². The molecule has 2 aliphatic heterocycles. The second-order valence-corrected chi connectivity index (χ2v) is 6.40. The van der Waals surface area contributed by atoms with E-state index in [-0.39, 0.29) is 5.92 Å². The largest absolute Gasteiger partial charge is 0.423 e. The van der Waals surface area contributed by atoms with Crippen molar-refractivity contribution in [1.29, 1.82) is 0 Å². The summed E-state index contributed by atoms with van der Waals surface area (Å²) in [4.78, 5) is 18.9. The summed E-state index contributed by atoms with van der Waals surface area (Å²) >= 11 is 0. The van der Waals surface area contributed by atoms with Crippen LogP contribution in [-0.2, 0) is 15.2 Å². The summed E-state index contributed by atoms with van der Waals surface area (Å²) in [7, 11) is 0. The molecular weight excluding hydrogens is 326 g/mol. The second kappa shape index (κ2) is 5.56. The molecule has 2 aliphatic rings. The number of hydrogen-bond donors (Lipinski definition) is 0. The molecule has 0 N–H and O–H groups in total. The molecule has 2 atom stereocenters. The quantitative estimate of drug-likeness (QED) is 0.522. The number of carbonyl (C=O) groups excluding carboxylic acids is 1. The third-order valence-corrected chi connectivity index (χ3v) is 4.96. The summed E-state index contributed by atoms with van der Waals surface area (Å²) in [6, 6.07) is 27.0. The van der Waals surface area contributed by atoms with Crippen molar-refractivity contribution in [3.05, 3.63) is 102 Å². The molecule has 0 radical (unpaired) electrons. The van der Waals surface area contributed by atoms with Crippen molar-refractivity contribution in [2.75, 3.05) is 0 Å². The lowest BCUT2D eigenvalue weighted by Gasteiger charge is -2.26. The molecule has 2 heterocycles. The number of nitrogens with zero attached hydrogens (tertiary/aromatic N) is 1. The standard InChI is InChI=1S/C22H15NO3/c24-21-22(17-13-7-8-14-18(17)25-21)19(15-9-3-1-4-10-15)20(23-26-22)16-11-5-2-6-12-16/h1-14,19H/t19-,22+/m1/s1. The van der Waals surface area contributed by atoms with Gasteiger partial charge in [-0.3, -0.25) is 0 Å². The molecule has 0 aliphatic carbocycles. The van der Waals surface area contributed by atoms with Crippen LogP contribution in [0.3, 0.4) is 0 Å². The highest BCUT2D eigenvalue weighted by atomic mass is 16.7. The Morgan fingerprint density at radius 3 is 2.23 bits per heavy atom. The zero-order valence-corrected chi connectivity index (χ0v) is 13.8. The summed E-state index contributed by atoms with van der Waals surface area (Å²) in [6.07, 6.45) is 0. The summed E-state index contributed by atoms with van der Waals surface area (Å²) in [6.45, 7) is 0. The lowest BCUT2D eigenvalue weighted by molar-refractivity contribution is -0.157. The maximum Gasteiger partial charge on any atom is 0.364 e. The van der Waals surface area contributed by atoms with Crippen LogP contribution >= 0.6 is 0 Å². The maximum atomic E-state index is 13.0. The fourth-order valence-electron chi connectivity index (χ4n) is 3.79. The van der Waals surface area contributed by atoms with Gasteiger partial charge in [-0.2, -0.15) is 0 Å². The first-order valence-corrected chi connectivity index (χ1v) is 8.49. The third-order valence-electron chi connectivity index (χ3n) is 4.96. The molecule has 126 valence electrons. The Balaban J connectivity index is 1.74. The number of benzene rings is 3. The van der Waals surface area contributed by atoms with Crippen LogP contribution in [-0.4, -0.2) is 11.7 Å². The number of hydrogen-bond acceptors (Lipinski definition) is 4. The van der Waals surface area contributed by atoms with Crippen LogP contribution in [0.2, 0.25) is 0 Å². The monoisotopic (exact) mass is 341 g/mol. The topological polar surface area (TPSA) is 47.9 Å². The van der Waals surface area contributed by atoms with Crippen LogP contribution in [0.4, 0.5) is 0 Å². The van der Waals surface area contributed by atoms with E-state index in [1.165, 1.54) is 0 Å². The summed E-state index contributed by atoms with van der Waals surface area (Å²) in [5.41, 5.74) is 2.04. The third kappa shape index (κ3) is 1.96. The molecule has 0 bridgehead atoms. The van der Waals surface area contributed by atoms with E-state index >= 15 is 0 Å². The van der Waals surface area contributed by atoms with Crippen LogP contribution in [0.15, 0.2) is 90.1 Å². The predicted octanol–water partition coefficient (Wildman–Crippen LogP) is 4.02. The van der Waals surface area contributed by atoms with Crippen molar-refractivity contribution in [3.8, 4) is 5.75 Å². The van der Waals surface area contributed by atoms with Gasteiger partial charge in [-0.05, 0) is 11.6 Å². The van der Waals surface area contributed by atoms with Crippen LogP contribution < -0.4 is 4.74 Å². The number of ether oxygens (including phenoxy) is 1. The van der Waals surface area contributed by atoms with E-state index in [2.05, 4.69) is 5.16 Å². The number of carbonyl (C=O) groups is 1. The maximum absolute atomic E-state index is 13.0. The predicted molar refractivity (Wildman–Crippen MR) is 97.0 cm³/mol. The first kappa shape index (κ1) is 14.9. The van der Waals surface area contributed by atoms with Crippen LogP contribution in [0.1, 0.15) is 22.6 Å². The Morgan fingerprint density at radius 2 is 1.46 bits per heavy atom. The van der Waals surface area contributed by atoms with E-state index in [0.717, 1.165) is 16.8 Å². The van der Waals surface area contributed by atoms with Crippen LogP contribution in [0, 0.1) is 0 Å². The summed E-state index contributed by atoms with van der Waals surface area (Å²) in [5.74, 6) is -0.285. The SMILES string of the molecule is O=C1Oc2ccccc2[C@@]12ON=C(c1ccccc1)[C@H]2c1ccccc1. The van der Waals surface area contributed by atoms with Gasteiger partial charge in [-0.25, -0.2) is 4.79 Å². The van der Waals surface area contributed by atoms with Crippen molar-refractivity contribution in [2.45, 2.75) is 11.5 Å². The van der Waals surface area contributed by atoms with Crippen molar-refractivity contribution in [3.63, 3.8) is 0 Å². The van der Waals surface area contributed by atoms with Crippen molar-refractivity contribution in [2.24, 2.45) is 5.16 Å². The van der Waals surface area contributed by atoms with Gasteiger partial charge in [0.05, 0.1) is 17.2 Å². The molecule has 0 amide bonds. The zero-order valence-electron chi connectivity index (χ0n) is 13.8. The lowest BCUT2D eigenvalue weighted by Crippen LogP contribution is -2.41. The minimum Gasteiger partial charge on any atom is -0.423 e. The highest BCUT2D eigenvalue weighted by Gasteiger charge is 2.63. The van der Waals surface area contributed by atoms with Crippen molar-refractivity contribution in [1.82, 2.24) is 0 Å². The van der Waals surface area contributed by atoms with Gasteiger partial charge in [0.25, 0.3) is 5.60 Å². The van der Waals surface area contributed by atoms with Gasteiger partial charge in [0.15, 0.2) is 0 Å². The van der Waals surface area contributed by atoms with E-state index in [9.17, 15) is 4.79 Å². The highest BCUT2D eigenvalue weighted by Crippen LogP contribution is 2.53. The van der Waals surface area contributed by atoms with Crippen LogP contribution in [0.25, 0.3) is 0 Å². The molecule has 3 aromatic carbocycles. The van der Waals surface area contributed by atoms with Gasteiger partial charge >= 0.3 is 5.97 Å². The number of rotatable bonds is 2. The zero-order chi connectivity index (χ0) is 17.6. The van der Waals surface area contributed by atoms with E-state index < -0.39 is 11.6 Å². The molecule has 0 saturated carbocycles. The smallest absolute Gasteiger partial charge is 0.364 e. The first-order chi connectivity index (χ1) is 12.8. The molecule has 1 spiro atoms. The average molecular weight is 341 g/mol. The van der Waals surface area contributed by atoms with Gasteiger partial charge in [0.2, 0.25) is 0 Å². The average Bonchev–Trinajstić information content (AvgIpc) is 3.23. The van der Waals surface area contributed by atoms with Crippen molar-refractivity contribution < 1.29 is 14.4 Å². The molecule has 0 aromatic heterocycles. The summed E-state index contributed by atoms with van der Waals surface area (Å²) in [5, 5.41) is 4.36. The number of esters is 1. The Hall–Kier alpha value is -3.40. The fourth-order valence-corrected chi connectivity index (χ4v) is 3.79. The second-order valence-electron chi connectivity index (χ2n) is 6.40. The van der Waals surface area contributed by atoms with E-state index in [0.29, 0.717) is 11.3 Å². The minimum atomic E-state index is -1.29. The van der Waals surface area contributed by atoms with Gasteiger partial charge in [0.1, 0.15) is 5.75 Å². The highest BCUT2D eigenvalue weighted by molar-refractivity contribution is 6.11. The molecule has 4 heteroatoms. The molecular formula is C22H15NO3. The molecule has 0 fully saturated rings. The van der Waals surface area contributed by atoms with E-state index in [1.54, 1.807) is 6.07 Å². The number of oxime groups is 1. The van der Waals surface area contributed by atoms with Gasteiger partial charge in [-0.15, -0.1) is 0 Å². The normalized spacial score (nSPS) is 23.3. The Kier molecular flexibility index (Phi) is 3.19. The van der Waals surface area contributed by atoms with Gasteiger partial charge < -0.3 is 9.57 Å². The van der Waals surface area contributed by atoms with E-state index in [1.807, 2.05) is 78.9 Å². The Labute approximate surface area is 150 Å². The van der Waals surface area contributed by atoms with Gasteiger partial charge in [0, 0.05) is 5.56 Å². The molecule has 3 aromatic rings. The molecule has 4 nitrogen and oxygen atoms in total. The number of fused-ring (bicyclic) bond motifs is 2. The Bertz CT molecular complexity index is 1010. The summed E-state index contributed by atoms with van der Waals surface area (Å²) < 4.78 is 5.54.